The van der Waals surface area contributed by atoms with Gasteiger partial charge in [-0.05, 0) is 0 Å². The zero-order valence-electron chi connectivity index (χ0n) is 9.31. The molecule has 1 aromatic carbocycles. The smallest absolute Gasteiger partial charge is 0.176 e. The molecular formula is C12H8F2NO2S. The highest BCUT2D eigenvalue weighted by molar-refractivity contribution is 7.90. The van der Waals surface area contributed by atoms with Crippen molar-refractivity contribution in [3.05, 3.63) is 48.2 Å². The molecule has 18 heavy (non-hydrogen) atoms. The number of hydrogen-bond donors (Lipinski definition) is 0. The van der Waals surface area contributed by atoms with Crippen LogP contribution in [0.4, 0.5) is 8.78 Å². The molecule has 0 N–H and O–H groups in total. The molecule has 0 saturated heterocycles. The van der Waals surface area contributed by atoms with Crippen LogP contribution in [0.1, 0.15) is 0 Å². The predicted molar refractivity (Wildman–Crippen MR) is 61.5 cm³/mol. The highest BCUT2D eigenvalue weighted by atomic mass is 32.2. The first kappa shape index (κ1) is 12.6. The molecular weight excluding hydrogens is 260 g/mol. The molecule has 0 amide bonds. The Morgan fingerprint density at radius 3 is 2.67 bits per heavy atom. The van der Waals surface area contributed by atoms with Crippen molar-refractivity contribution in [2.75, 3.05) is 6.26 Å². The van der Waals surface area contributed by atoms with Crippen LogP contribution in [0.3, 0.4) is 0 Å². The van der Waals surface area contributed by atoms with Crippen LogP contribution in [0, 0.1) is 17.7 Å². The molecule has 0 atom stereocenters. The van der Waals surface area contributed by atoms with Gasteiger partial charge in [-0.25, -0.2) is 17.2 Å². The number of pyridine rings is 1. The first-order valence-corrected chi connectivity index (χ1v) is 6.81. The maximum atomic E-state index is 13.6. The second-order valence-corrected chi connectivity index (χ2v) is 5.62. The Kier molecular flexibility index (Phi) is 3.13. The molecule has 93 valence electrons. The average Bonchev–Trinajstić information content (AvgIpc) is 2.28. The molecule has 6 heteroatoms. The number of nitrogens with zero attached hydrogens (tertiary/aromatic N) is 1. The van der Waals surface area contributed by atoms with Gasteiger partial charge >= 0.3 is 0 Å². The van der Waals surface area contributed by atoms with Gasteiger partial charge in [-0.15, -0.1) is 0 Å². The fourth-order valence-corrected chi connectivity index (χ4v) is 2.37. The fourth-order valence-electron chi connectivity index (χ4n) is 1.53. The number of sulfone groups is 1. The molecule has 0 bridgehead atoms. The van der Waals surface area contributed by atoms with E-state index in [-0.39, 0.29) is 16.2 Å². The predicted octanol–water partition coefficient (Wildman–Crippen LogP) is 2.23. The summed E-state index contributed by atoms with van der Waals surface area (Å²) in [4.78, 5) is 3.42. The highest BCUT2D eigenvalue weighted by Gasteiger charge is 2.18. The molecule has 0 spiro atoms. The number of hydrogen-bond acceptors (Lipinski definition) is 3. The summed E-state index contributed by atoms with van der Waals surface area (Å²) in [5.41, 5.74) is -0.147. The van der Waals surface area contributed by atoms with E-state index < -0.39 is 21.5 Å². The Hall–Kier alpha value is -1.82. The van der Waals surface area contributed by atoms with Gasteiger partial charge in [0, 0.05) is 24.0 Å². The summed E-state index contributed by atoms with van der Waals surface area (Å²) in [6.07, 6.45) is 1.82. The van der Waals surface area contributed by atoms with Gasteiger partial charge in [-0.1, -0.05) is 18.2 Å². The summed E-state index contributed by atoms with van der Waals surface area (Å²) < 4.78 is 49.5. The lowest BCUT2D eigenvalue weighted by molar-refractivity contribution is 0.575. The standard InChI is InChI=1S/C12H8F2NO2S/c1-18(16,17)11-5-3-2-4-9(11)12-10(14)6-8(13)7-15-12/h2-4,6-7H,1H3. The molecule has 0 aliphatic rings. The van der Waals surface area contributed by atoms with Gasteiger partial charge in [-0.3, -0.25) is 4.98 Å². The summed E-state index contributed by atoms with van der Waals surface area (Å²) in [6.45, 7) is 0. The van der Waals surface area contributed by atoms with E-state index in [0.717, 1.165) is 12.5 Å². The molecule has 1 heterocycles. The minimum absolute atomic E-state index is 0.0671. The third-order valence-electron chi connectivity index (χ3n) is 2.25. The van der Waals surface area contributed by atoms with Gasteiger partial charge in [0.2, 0.25) is 0 Å². The van der Waals surface area contributed by atoms with Crippen molar-refractivity contribution in [3.8, 4) is 11.3 Å². The van der Waals surface area contributed by atoms with E-state index >= 15 is 0 Å². The van der Waals surface area contributed by atoms with Crippen molar-refractivity contribution < 1.29 is 17.2 Å². The lowest BCUT2D eigenvalue weighted by atomic mass is 10.1. The SMILES string of the molecule is CS(=O)(=O)c1[c]cccc1-c1ncc(F)cc1F. The summed E-state index contributed by atoms with van der Waals surface area (Å²) in [5.74, 6) is -1.74. The van der Waals surface area contributed by atoms with Crippen LogP contribution >= 0.6 is 0 Å². The Labute approximate surface area is 103 Å². The Bertz CT molecular complexity index is 699. The van der Waals surface area contributed by atoms with Gasteiger partial charge < -0.3 is 0 Å². The Morgan fingerprint density at radius 1 is 1.33 bits per heavy atom. The lowest BCUT2D eigenvalue weighted by Crippen LogP contribution is -2.02. The summed E-state index contributed by atoms with van der Waals surface area (Å²) in [6, 6.07) is 7.49. The highest BCUT2D eigenvalue weighted by Crippen LogP contribution is 2.27. The fraction of sp³-hybridized carbons (Fsp3) is 0.0833. The molecule has 2 rings (SSSR count). The number of aromatic nitrogens is 1. The molecule has 0 saturated carbocycles. The average molecular weight is 268 g/mol. The van der Waals surface area contributed by atoms with E-state index in [9.17, 15) is 17.2 Å². The van der Waals surface area contributed by atoms with Crippen molar-refractivity contribution in [2.45, 2.75) is 4.90 Å². The van der Waals surface area contributed by atoms with E-state index in [2.05, 4.69) is 11.1 Å². The molecule has 3 nitrogen and oxygen atoms in total. The van der Waals surface area contributed by atoms with Gasteiger partial charge in [0.15, 0.2) is 15.7 Å². The van der Waals surface area contributed by atoms with Crippen LogP contribution < -0.4 is 0 Å². The molecule has 0 unspecified atom stereocenters. The molecule has 1 aromatic heterocycles. The third-order valence-corrected chi connectivity index (χ3v) is 3.33. The van der Waals surface area contributed by atoms with E-state index in [1.807, 2.05) is 0 Å². The van der Waals surface area contributed by atoms with Gasteiger partial charge in [0.1, 0.15) is 11.5 Å². The van der Waals surface area contributed by atoms with Crippen molar-refractivity contribution >= 4 is 9.84 Å². The maximum absolute atomic E-state index is 13.6. The van der Waals surface area contributed by atoms with Crippen LogP contribution in [-0.4, -0.2) is 19.7 Å². The first-order chi connectivity index (χ1) is 8.39. The van der Waals surface area contributed by atoms with Crippen molar-refractivity contribution in [1.82, 2.24) is 4.98 Å². The second-order valence-electron chi connectivity index (χ2n) is 3.67. The van der Waals surface area contributed by atoms with Crippen LogP contribution in [0.25, 0.3) is 11.3 Å². The van der Waals surface area contributed by atoms with Crippen molar-refractivity contribution in [3.63, 3.8) is 0 Å². The summed E-state index contributed by atoms with van der Waals surface area (Å²) >= 11 is 0. The largest absolute Gasteiger partial charge is 0.250 e. The van der Waals surface area contributed by atoms with E-state index in [4.69, 9.17) is 0 Å². The van der Waals surface area contributed by atoms with E-state index in [0.29, 0.717) is 6.07 Å². The second kappa shape index (κ2) is 4.45. The van der Waals surface area contributed by atoms with Crippen LogP contribution in [0.2, 0.25) is 0 Å². The summed E-state index contributed by atoms with van der Waals surface area (Å²) in [5, 5.41) is 0. The summed E-state index contributed by atoms with van der Waals surface area (Å²) in [7, 11) is -3.56. The Morgan fingerprint density at radius 2 is 2.06 bits per heavy atom. The molecule has 2 aromatic rings. The molecule has 1 radical (unpaired) electrons. The number of rotatable bonds is 2. The minimum atomic E-state index is -3.56. The normalized spacial score (nSPS) is 11.5. The maximum Gasteiger partial charge on any atom is 0.176 e. The van der Waals surface area contributed by atoms with Crippen LogP contribution in [0.15, 0.2) is 35.4 Å². The topological polar surface area (TPSA) is 47.0 Å². The first-order valence-electron chi connectivity index (χ1n) is 4.92. The quantitative estimate of drug-likeness (QED) is 0.839. The van der Waals surface area contributed by atoms with E-state index in [1.165, 1.54) is 18.2 Å². The zero-order chi connectivity index (χ0) is 13.3. The van der Waals surface area contributed by atoms with Gasteiger partial charge in [0.25, 0.3) is 0 Å². The number of halogens is 2. The van der Waals surface area contributed by atoms with E-state index in [1.54, 1.807) is 0 Å². The van der Waals surface area contributed by atoms with Gasteiger partial charge in [0.05, 0.1) is 11.1 Å². The van der Waals surface area contributed by atoms with Crippen molar-refractivity contribution in [1.29, 1.82) is 0 Å². The molecule has 0 fully saturated rings. The van der Waals surface area contributed by atoms with Crippen molar-refractivity contribution in [2.24, 2.45) is 0 Å². The van der Waals surface area contributed by atoms with Gasteiger partial charge in [-0.2, -0.15) is 0 Å². The molecule has 0 aliphatic heterocycles. The third kappa shape index (κ3) is 2.38. The minimum Gasteiger partial charge on any atom is -0.250 e. The lowest BCUT2D eigenvalue weighted by Gasteiger charge is -2.07. The Balaban J connectivity index is 2.72. The zero-order valence-corrected chi connectivity index (χ0v) is 10.1. The van der Waals surface area contributed by atoms with Crippen LogP contribution in [-0.2, 0) is 9.84 Å². The monoisotopic (exact) mass is 268 g/mol. The van der Waals surface area contributed by atoms with Crippen LogP contribution in [0.5, 0.6) is 0 Å². The molecule has 0 aliphatic carbocycles. The number of benzene rings is 1.